The molecule has 7 nitrogen and oxygen atoms in total. The lowest BCUT2D eigenvalue weighted by Gasteiger charge is -2.29. The van der Waals surface area contributed by atoms with Gasteiger partial charge in [-0.25, -0.2) is 14.0 Å². The molecule has 1 saturated heterocycles. The number of carbonyl (C=O) groups is 3. The molecule has 0 saturated carbocycles. The van der Waals surface area contributed by atoms with Crippen LogP contribution in [-0.4, -0.2) is 48.7 Å². The van der Waals surface area contributed by atoms with Gasteiger partial charge in [0.1, 0.15) is 12.2 Å². The van der Waals surface area contributed by atoms with Crippen LogP contribution in [-0.2, 0) is 23.7 Å². The minimum atomic E-state index is -1.97. The molecule has 2 aromatic rings. The summed E-state index contributed by atoms with van der Waals surface area (Å²) in [5.41, 5.74) is -1.07. The molecule has 1 heterocycles. The number of carbonyl (C=O) groups excluding carboxylic acids is 3. The molecule has 0 aliphatic carbocycles. The van der Waals surface area contributed by atoms with Crippen LogP contribution >= 0.6 is 0 Å². The Balaban J connectivity index is 1.77. The molecule has 158 valence electrons. The first kappa shape index (κ1) is 21.4. The minimum absolute atomic E-state index is 0.212. The summed E-state index contributed by atoms with van der Waals surface area (Å²) < 4.78 is 36.0. The van der Waals surface area contributed by atoms with Crippen molar-refractivity contribution in [3.63, 3.8) is 0 Å². The average molecular weight is 416 g/mol. The second kappa shape index (κ2) is 9.04. The number of hydrogen-bond acceptors (Lipinski definition) is 7. The Morgan fingerprint density at radius 1 is 0.933 bits per heavy atom. The SMILES string of the molecule is CC(=O)OC1OC(C)(COC(=O)c2ccccc2)C(OC(=O)c2ccccc2)C1F. The molecule has 1 fully saturated rings. The number of esters is 3. The van der Waals surface area contributed by atoms with E-state index in [1.807, 2.05) is 0 Å². The summed E-state index contributed by atoms with van der Waals surface area (Å²) in [7, 11) is 0. The molecule has 1 aliphatic heterocycles. The molecule has 8 heteroatoms. The van der Waals surface area contributed by atoms with E-state index in [1.165, 1.54) is 19.1 Å². The molecule has 0 N–H and O–H groups in total. The molecule has 2 aromatic carbocycles. The fraction of sp³-hybridized carbons (Fsp3) is 0.318. The smallest absolute Gasteiger partial charge is 0.338 e. The molecule has 0 bridgehead atoms. The van der Waals surface area contributed by atoms with E-state index in [4.69, 9.17) is 18.9 Å². The van der Waals surface area contributed by atoms with Crippen LogP contribution in [0.25, 0.3) is 0 Å². The van der Waals surface area contributed by atoms with Crippen molar-refractivity contribution >= 4 is 17.9 Å². The lowest BCUT2D eigenvalue weighted by atomic mass is 9.99. The van der Waals surface area contributed by atoms with E-state index in [0.29, 0.717) is 5.56 Å². The van der Waals surface area contributed by atoms with E-state index < -0.39 is 48.7 Å². The third-order valence-electron chi connectivity index (χ3n) is 4.56. The second-order valence-electron chi connectivity index (χ2n) is 6.99. The standard InChI is InChI=1S/C22H21FO7/c1-14(24)28-21-17(23)18(29-20(26)16-11-7-4-8-12-16)22(2,30-21)13-27-19(25)15-9-5-3-6-10-15/h3-12,17-18,21H,13H2,1-2H3. The van der Waals surface area contributed by atoms with Gasteiger partial charge in [0.05, 0.1) is 11.1 Å². The van der Waals surface area contributed by atoms with Gasteiger partial charge in [0.25, 0.3) is 0 Å². The van der Waals surface area contributed by atoms with E-state index >= 15 is 4.39 Å². The monoisotopic (exact) mass is 416 g/mol. The first-order valence-corrected chi connectivity index (χ1v) is 9.27. The van der Waals surface area contributed by atoms with Crippen LogP contribution in [0, 0.1) is 0 Å². The number of benzene rings is 2. The largest absolute Gasteiger partial charge is 0.459 e. The first-order valence-electron chi connectivity index (χ1n) is 9.27. The van der Waals surface area contributed by atoms with Gasteiger partial charge in [-0.15, -0.1) is 0 Å². The summed E-state index contributed by atoms with van der Waals surface area (Å²) in [6.45, 7) is 2.10. The Morgan fingerprint density at radius 3 is 2.00 bits per heavy atom. The predicted molar refractivity (Wildman–Crippen MR) is 102 cm³/mol. The maximum atomic E-state index is 15.0. The van der Waals surface area contributed by atoms with Crippen molar-refractivity contribution in [1.82, 2.24) is 0 Å². The molecule has 0 radical (unpaired) electrons. The van der Waals surface area contributed by atoms with Gasteiger partial charge in [0.15, 0.2) is 6.10 Å². The predicted octanol–water partition coefficient (Wildman–Crippen LogP) is 3.09. The zero-order valence-electron chi connectivity index (χ0n) is 16.4. The molecule has 4 atom stereocenters. The summed E-state index contributed by atoms with van der Waals surface area (Å²) in [6, 6.07) is 16.2. The van der Waals surface area contributed by atoms with Crippen LogP contribution < -0.4 is 0 Å². The van der Waals surface area contributed by atoms with E-state index in [0.717, 1.165) is 6.92 Å². The third-order valence-corrected chi connectivity index (χ3v) is 4.56. The van der Waals surface area contributed by atoms with E-state index in [-0.39, 0.29) is 5.56 Å². The average Bonchev–Trinajstić information content (AvgIpc) is 2.97. The maximum absolute atomic E-state index is 15.0. The van der Waals surface area contributed by atoms with Gasteiger partial charge in [0.2, 0.25) is 12.5 Å². The molecular formula is C22H21FO7. The molecule has 1 aliphatic rings. The third kappa shape index (κ3) is 4.83. The Kier molecular flexibility index (Phi) is 6.47. The molecule has 0 spiro atoms. The van der Waals surface area contributed by atoms with Crippen molar-refractivity contribution in [1.29, 1.82) is 0 Å². The quantitative estimate of drug-likeness (QED) is 0.528. The van der Waals surface area contributed by atoms with E-state index in [2.05, 4.69) is 0 Å². The summed E-state index contributed by atoms with van der Waals surface area (Å²) in [4.78, 5) is 36.0. The van der Waals surface area contributed by atoms with Gasteiger partial charge in [-0.05, 0) is 31.2 Å². The molecule has 0 aromatic heterocycles. The fourth-order valence-electron chi connectivity index (χ4n) is 3.06. The topological polar surface area (TPSA) is 88.1 Å². The highest BCUT2D eigenvalue weighted by Gasteiger charge is 2.58. The number of hydrogen-bond donors (Lipinski definition) is 0. The number of halogens is 1. The minimum Gasteiger partial charge on any atom is -0.459 e. The van der Waals surface area contributed by atoms with E-state index in [1.54, 1.807) is 48.5 Å². The van der Waals surface area contributed by atoms with Crippen LogP contribution in [0.1, 0.15) is 34.6 Å². The highest BCUT2D eigenvalue weighted by molar-refractivity contribution is 5.90. The number of alkyl halides is 1. The number of rotatable bonds is 6. The summed E-state index contributed by atoms with van der Waals surface area (Å²) in [5, 5.41) is 0. The molecule has 30 heavy (non-hydrogen) atoms. The van der Waals surface area contributed by atoms with Gasteiger partial charge >= 0.3 is 17.9 Å². The van der Waals surface area contributed by atoms with Gasteiger partial charge in [0, 0.05) is 6.92 Å². The fourth-order valence-corrected chi connectivity index (χ4v) is 3.06. The van der Waals surface area contributed by atoms with Gasteiger partial charge in [-0.1, -0.05) is 36.4 Å². The van der Waals surface area contributed by atoms with E-state index in [9.17, 15) is 14.4 Å². The highest BCUT2D eigenvalue weighted by atomic mass is 19.1. The maximum Gasteiger partial charge on any atom is 0.338 e. The Bertz CT molecular complexity index is 902. The Morgan fingerprint density at radius 2 is 1.47 bits per heavy atom. The van der Waals surface area contributed by atoms with Crippen molar-refractivity contribution in [3.05, 3.63) is 71.8 Å². The zero-order chi connectivity index (χ0) is 21.7. The van der Waals surface area contributed by atoms with Crippen molar-refractivity contribution in [2.75, 3.05) is 6.61 Å². The van der Waals surface area contributed by atoms with Crippen LogP contribution in [0.4, 0.5) is 4.39 Å². The summed E-state index contributed by atoms with van der Waals surface area (Å²) in [6.07, 6.45) is -5.04. The summed E-state index contributed by atoms with van der Waals surface area (Å²) >= 11 is 0. The van der Waals surface area contributed by atoms with Gasteiger partial charge in [-0.3, -0.25) is 4.79 Å². The number of ether oxygens (including phenoxy) is 4. The zero-order valence-corrected chi connectivity index (χ0v) is 16.4. The van der Waals surface area contributed by atoms with Crippen LogP contribution in [0.3, 0.4) is 0 Å². The summed E-state index contributed by atoms with van der Waals surface area (Å²) in [5.74, 6) is -2.20. The molecule has 4 unspecified atom stereocenters. The van der Waals surface area contributed by atoms with Crippen molar-refractivity contribution < 1.29 is 37.7 Å². The second-order valence-corrected chi connectivity index (χ2v) is 6.99. The van der Waals surface area contributed by atoms with Crippen molar-refractivity contribution in [3.8, 4) is 0 Å². The Hall–Kier alpha value is -3.26. The van der Waals surface area contributed by atoms with Crippen LogP contribution in [0.2, 0.25) is 0 Å². The Labute approximate surface area is 172 Å². The highest BCUT2D eigenvalue weighted by Crippen LogP contribution is 2.37. The normalized spacial score (nSPS) is 25.4. The van der Waals surface area contributed by atoms with Gasteiger partial charge in [-0.2, -0.15) is 0 Å². The first-order chi connectivity index (χ1) is 14.3. The van der Waals surface area contributed by atoms with Crippen molar-refractivity contribution in [2.45, 2.75) is 38.0 Å². The lowest BCUT2D eigenvalue weighted by Crippen LogP contribution is -2.46. The van der Waals surface area contributed by atoms with Crippen LogP contribution in [0.15, 0.2) is 60.7 Å². The van der Waals surface area contributed by atoms with Gasteiger partial charge < -0.3 is 18.9 Å². The molecular weight excluding hydrogens is 395 g/mol. The molecule has 0 amide bonds. The van der Waals surface area contributed by atoms with Crippen LogP contribution in [0.5, 0.6) is 0 Å². The van der Waals surface area contributed by atoms with Crippen molar-refractivity contribution in [2.24, 2.45) is 0 Å². The lowest BCUT2D eigenvalue weighted by molar-refractivity contribution is -0.197. The molecule has 3 rings (SSSR count).